The molecule has 0 heterocycles. The van der Waals surface area contributed by atoms with Crippen LogP contribution >= 0.6 is 7.14 Å². The summed E-state index contributed by atoms with van der Waals surface area (Å²) in [5, 5.41) is 0. The summed E-state index contributed by atoms with van der Waals surface area (Å²) in [6.07, 6.45) is 5.46. The molecule has 0 rings (SSSR count). The lowest BCUT2D eigenvalue weighted by atomic mass is 10.8. The van der Waals surface area contributed by atoms with Crippen molar-refractivity contribution in [2.75, 3.05) is 0 Å². The van der Waals surface area contributed by atoms with Gasteiger partial charge in [-0.3, -0.25) is 0 Å². The van der Waals surface area contributed by atoms with Crippen molar-refractivity contribution in [3.63, 3.8) is 0 Å². The molecule has 0 aromatic rings. The van der Waals surface area contributed by atoms with Crippen molar-refractivity contribution in [3.05, 3.63) is 35.7 Å². The van der Waals surface area contributed by atoms with E-state index in [-0.39, 0.29) is 0 Å². The number of rotatable bonds is 3. The normalized spacial score (nSPS) is 14.1. The van der Waals surface area contributed by atoms with E-state index in [0.717, 1.165) is 0 Å². The first-order valence-electron chi connectivity index (χ1n) is 3.69. The van der Waals surface area contributed by atoms with Crippen LogP contribution in [0, 0.1) is 0 Å². The molecule has 0 amide bonds. The Labute approximate surface area is 68.9 Å². The van der Waals surface area contributed by atoms with Crippen molar-refractivity contribution in [3.8, 4) is 0 Å². The molecule has 0 aromatic carbocycles. The van der Waals surface area contributed by atoms with Crippen LogP contribution in [0.5, 0.6) is 0 Å². The highest BCUT2D eigenvalue weighted by Gasteiger charge is 2.06. The molecule has 0 aliphatic carbocycles. The van der Waals surface area contributed by atoms with Crippen LogP contribution in [-0.2, 0) is 4.57 Å². The monoisotopic (exact) mass is 170 g/mol. The Morgan fingerprint density at radius 1 is 0.818 bits per heavy atom. The fraction of sp³-hybridized carbons (Fsp3) is 0.333. The molecule has 0 radical (unpaired) electrons. The minimum Gasteiger partial charge on any atom is -0.311 e. The molecule has 0 aliphatic heterocycles. The second-order valence-corrected chi connectivity index (χ2v) is 4.63. The summed E-state index contributed by atoms with van der Waals surface area (Å²) in [6, 6.07) is 0. The lowest BCUT2D eigenvalue weighted by Crippen LogP contribution is -1.63. The molecule has 0 bridgehead atoms. The van der Waals surface area contributed by atoms with Crippen LogP contribution in [0.1, 0.15) is 20.8 Å². The molecule has 0 saturated heterocycles. The van der Waals surface area contributed by atoms with Crippen LogP contribution < -0.4 is 0 Å². The van der Waals surface area contributed by atoms with E-state index in [9.17, 15) is 4.57 Å². The summed E-state index contributed by atoms with van der Waals surface area (Å²) in [6.45, 7) is 5.62. The second kappa shape index (κ2) is 5.15. The summed E-state index contributed by atoms with van der Waals surface area (Å²) >= 11 is 0. The zero-order chi connectivity index (χ0) is 8.74. The van der Waals surface area contributed by atoms with Crippen molar-refractivity contribution >= 4 is 7.14 Å². The van der Waals surface area contributed by atoms with E-state index < -0.39 is 7.14 Å². The highest BCUT2D eigenvalue weighted by Crippen LogP contribution is 2.50. The van der Waals surface area contributed by atoms with E-state index in [2.05, 4.69) is 0 Å². The molecule has 0 atom stereocenters. The van der Waals surface area contributed by atoms with Crippen LogP contribution in [-0.4, -0.2) is 0 Å². The SMILES string of the molecule is C/C=C\P(=O)(/C=C/C)/C=C/C. The Morgan fingerprint density at radius 2 is 1.09 bits per heavy atom. The molecule has 2 heteroatoms. The predicted molar refractivity (Wildman–Crippen MR) is 52.0 cm³/mol. The summed E-state index contributed by atoms with van der Waals surface area (Å²) in [5.74, 6) is 5.23. The average Bonchev–Trinajstić information content (AvgIpc) is 1.88. The molecule has 11 heavy (non-hydrogen) atoms. The van der Waals surface area contributed by atoms with Crippen molar-refractivity contribution in [1.29, 1.82) is 0 Å². The van der Waals surface area contributed by atoms with Crippen molar-refractivity contribution in [2.24, 2.45) is 0 Å². The lowest BCUT2D eigenvalue weighted by molar-refractivity contribution is 0.591. The Balaban J connectivity index is 4.67. The van der Waals surface area contributed by atoms with Crippen molar-refractivity contribution in [1.82, 2.24) is 0 Å². The Bertz CT molecular complexity index is 186. The maximum absolute atomic E-state index is 11.8. The maximum Gasteiger partial charge on any atom is 0.149 e. The van der Waals surface area contributed by atoms with Crippen LogP contribution in [0.2, 0.25) is 0 Å². The van der Waals surface area contributed by atoms with Gasteiger partial charge in [-0.15, -0.1) is 0 Å². The molecule has 0 unspecified atom stereocenters. The van der Waals surface area contributed by atoms with Gasteiger partial charge < -0.3 is 4.57 Å². The zero-order valence-corrected chi connectivity index (χ0v) is 8.21. The Hall–Kier alpha value is -0.550. The minimum atomic E-state index is -2.26. The van der Waals surface area contributed by atoms with Gasteiger partial charge in [-0.2, -0.15) is 0 Å². The first-order valence-corrected chi connectivity index (χ1v) is 5.60. The Kier molecular flexibility index (Phi) is 4.89. The van der Waals surface area contributed by atoms with Crippen LogP contribution in [0.3, 0.4) is 0 Å². The highest BCUT2D eigenvalue weighted by atomic mass is 31.2. The molecular formula is C9H15OP. The van der Waals surface area contributed by atoms with Gasteiger partial charge >= 0.3 is 0 Å². The molecule has 62 valence electrons. The quantitative estimate of drug-likeness (QED) is 0.586. The average molecular weight is 170 g/mol. The molecular weight excluding hydrogens is 155 g/mol. The smallest absolute Gasteiger partial charge is 0.149 e. The van der Waals surface area contributed by atoms with Gasteiger partial charge in [-0.25, -0.2) is 0 Å². The second-order valence-electron chi connectivity index (χ2n) is 2.21. The van der Waals surface area contributed by atoms with Gasteiger partial charge in [0.2, 0.25) is 0 Å². The van der Waals surface area contributed by atoms with Crippen molar-refractivity contribution in [2.45, 2.75) is 20.8 Å². The minimum absolute atomic E-state index is 1.74. The lowest BCUT2D eigenvalue weighted by Gasteiger charge is -2.00. The van der Waals surface area contributed by atoms with E-state index in [1.807, 2.05) is 39.0 Å². The molecule has 0 aliphatic rings. The maximum atomic E-state index is 11.8. The predicted octanol–water partition coefficient (Wildman–Crippen LogP) is 3.95. The van der Waals surface area contributed by atoms with Gasteiger partial charge in [-0.05, 0) is 38.2 Å². The number of allylic oxidation sites excluding steroid dienone is 3. The zero-order valence-electron chi connectivity index (χ0n) is 7.32. The van der Waals surface area contributed by atoms with Crippen LogP contribution in [0.15, 0.2) is 35.7 Å². The highest BCUT2D eigenvalue weighted by molar-refractivity contribution is 7.73. The van der Waals surface area contributed by atoms with Crippen molar-refractivity contribution < 1.29 is 4.57 Å². The fourth-order valence-electron chi connectivity index (χ4n) is 0.848. The molecule has 0 spiro atoms. The van der Waals surface area contributed by atoms with Crippen LogP contribution in [0.4, 0.5) is 0 Å². The van der Waals surface area contributed by atoms with Gasteiger partial charge in [0.05, 0.1) is 0 Å². The first-order chi connectivity index (χ1) is 5.18. The largest absolute Gasteiger partial charge is 0.311 e. The molecule has 0 fully saturated rings. The van der Waals surface area contributed by atoms with Gasteiger partial charge in [0.25, 0.3) is 0 Å². The van der Waals surface area contributed by atoms with Gasteiger partial charge in [-0.1, -0.05) is 18.2 Å². The van der Waals surface area contributed by atoms with E-state index in [1.165, 1.54) is 0 Å². The van der Waals surface area contributed by atoms with Gasteiger partial charge in [0.1, 0.15) is 7.14 Å². The summed E-state index contributed by atoms with van der Waals surface area (Å²) in [5.41, 5.74) is 0. The Morgan fingerprint density at radius 3 is 1.27 bits per heavy atom. The fourth-order valence-corrected chi connectivity index (χ4v) is 2.54. The first kappa shape index (κ1) is 10.4. The molecule has 0 N–H and O–H groups in total. The van der Waals surface area contributed by atoms with E-state index in [1.54, 1.807) is 17.5 Å². The van der Waals surface area contributed by atoms with Gasteiger partial charge in [0.15, 0.2) is 0 Å². The van der Waals surface area contributed by atoms with Crippen LogP contribution in [0.25, 0.3) is 0 Å². The van der Waals surface area contributed by atoms with E-state index in [0.29, 0.717) is 0 Å². The van der Waals surface area contributed by atoms with E-state index in [4.69, 9.17) is 0 Å². The number of hydrogen-bond acceptors (Lipinski definition) is 1. The third-order valence-electron chi connectivity index (χ3n) is 1.15. The summed E-state index contributed by atoms with van der Waals surface area (Å²) in [4.78, 5) is 0. The van der Waals surface area contributed by atoms with Gasteiger partial charge in [0, 0.05) is 0 Å². The molecule has 1 nitrogen and oxygen atoms in total. The third-order valence-corrected chi connectivity index (χ3v) is 3.44. The standard InChI is InChI=1S/C9H15OP/c1-4-7-11(10,8-5-2)9-6-3/h4-9H,1-3H3/b7-4-,8-5+,9-6+. The summed E-state index contributed by atoms with van der Waals surface area (Å²) < 4.78 is 11.8. The van der Waals surface area contributed by atoms with E-state index >= 15 is 0 Å². The summed E-state index contributed by atoms with van der Waals surface area (Å²) in [7, 11) is -2.26. The number of hydrogen-bond donors (Lipinski definition) is 0. The topological polar surface area (TPSA) is 17.1 Å². The third kappa shape index (κ3) is 4.00. The molecule has 0 saturated carbocycles. The molecule has 0 aromatic heterocycles.